The SMILES string of the molecule is CC1CN(C(=O)Nc2cccnc2C(=O)O)CCCO1. The largest absolute Gasteiger partial charge is 0.476 e. The van der Waals surface area contributed by atoms with Gasteiger partial charge in [-0.3, -0.25) is 0 Å². The van der Waals surface area contributed by atoms with Crippen LogP contribution in [0, 0.1) is 0 Å². The van der Waals surface area contributed by atoms with Crippen LogP contribution < -0.4 is 5.32 Å². The molecule has 1 aromatic heterocycles. The Balaban J connectivity index is 2.09. The number of nitrogens with one attached hydrogen (secondary N) is 1. The van der Waals surface area contributed by atoms with Crippen LogP contribution in [-0.2, 0) is 4.74 Å². The van der Waals surface area contributed by atoms with Crippen LogP contribution in [0.2, 0.25) is 0 Å². The smallest absolute Gasteiger partial charge is 0.356 e. The molecule has 2 N–H and O–H groups in total. The van der Waals surface area contributed by atoms with Crippen molar-refractivity contribution >= 4 is 17.7 Å². The van der Waals surface area contributed by atoms with Crippen LogP contribution in [0.3, 0.4) is 0 Å². The molecule has 1 aliphatic heterocycles. The molecule has 7 nitrogen and oxygen atoms in total. The van der Waals surface area contributed by atoms with E-state index in [1.165, 1.54) is 12.3 Å². The number of nitrogens with zero attached hydrogens (tertiary/aromatic N) is 2. The lowest BCUT2D eigenvalue weighted by Crippen LogP contribution is -2.39. The lowest BCUT2D eigenvalue weighted by atomic mass is 10.3. The molecule has 7 heteroatoms. The maximum Gasteiger partial charge on any atom is 0.356 e. The number of ether oxygens (including phenoxy) is 1. The summed E-state index contributed by atoms with van der Waals surface area (Å²) in [6.45, 7) is 3.59. The van der Waals surface area contributed by atoms with E-state index < -0.39 is 5.97 Å². The molecule has 108 valence electrons. The molecule has 0 bridgehead atoms. The molecule has 0 spiro atoms. The zero-order valence-corrected chi connectivity index (χ0v) is 11.2. The molecule has 1 fully saturated rings. The number of aromatic nitrogens is 1. The Hall–Kier alpha value is -2.15. The second-order valence-corrected chi connectivity index (χ2v) is 4.62. The normalized spacial score (nSPS) is 19.2. The maximum atomic E-state index is 12.2. The molecule has 1 aliphatic rings. The first-order valence-electron chi connectivity index (χ1n) is 6.44. The van der Waals surface area contributed by atoms with Crippen molar-refractivity contribution in [1.29, 1.82) is 0 Å². The van der Waals surface area contributed by atoms with Gasteiger partial charge in [-0.1, -0.05) is 0 Å². The Morgan fingerprint density at radius 3 is 3.10 bits per heavy atom. The van der Waals surface area contributed by atoms with Crippen molar-refractivity contribution in [1.82, 2.24) is 9.88 Å². The number of carboxylic acids is 1. The summed E-state index contributed by atoms with van der Waals surface area (Å²) in [5.74, 6) is -1.17. The predicted octanol–water partition coefficient (Wildman–Crippen LogP) is 1.42. The molecule has 1 saturated heterocycles. The van der Waals surface area contributed by atoms with Crippen LogP contribution in [0.5, 0.6) is 0 Å². The van der Waals surface area contributed by atoms with Gasteiger partial charge in [0.1, 0.15) is 0 Å². The third-order valence-electron chi connectivity index (χ3n) is 2.99. The van der Waals surface area contributed by atoms with Crippen LogP contribution >= 0.6 is 0 Å². The Kier molecular flexibility index (Phi) is 4.52. The summed E-state index contributed by atoms with van der Waals surface area (Å²) in [7, 11) is 0. The Bertz CT molecular complexity index is 506. The van der Waals surface area contributed by atoms with Crippen molar-refractivity contribution < 1.29 is 19.4 Å². The van der Waals surface area contributed by atoms with Crippen molar-refractivity contribution in [3.8, 4) is 0 Å². The Morgan fingerprint density at radius 1 is 1.55 bits per heavy atom. The van der Waals surface area contributed by atoms with Gasteiger partial charge in [0.05, 0.1) is 11.8 Å². The number of amides is 2. The van der Waals surface area contributed by atoms with E-state index in [0.29, 0.717) is 19.7 Å². The minimum Gasteiger partial charge on any atom is -0.476 e. The summed E-state index contributed by atoms with van der Waals surface area (Å²) in [6.07, 6.45) is 2.11. The van der Waals surface area contributed by atoms with E-state index in [9.17, 15) is 9.59 Å². The molecular formula is C13H17N3O4. The fourth-order valence-corrected chi connectivity index (χ4v) is 2.05. The van der Waals surface area contributed by atoms with Crippen molar-refractivity contribution in [3.63, 3.8) is 0 Å². The van der Waals surface area contributed by atoms with Gasteiger partial charge in [0.25, 0.3) is 0 Å². The van der Waals surface area contributed by atoms with Gasteiger partial charge in [-0.15, -0.1) is 0 Å². The minimum atomic E-state index is -1.17. The first-order chi connectivity index (χ1) is 9.58. The summed E-state index contributed by atoms with van der Waals surface area (Å²) in [5.41, 5.74) is 0.0304. The molecular weight excluding hydrogens is 262 g/mol. The van der Waals surface area contributed by atoms with Crippen molar-refractivity contribution in [2.45, 2.75) is 19.4 Å². The van der Waals surface area contributed by atoms with E-state index in [-0.39, 0.29) is 23.5 Å². The standard InChI is InChI=1S/C13H17N3O4/c1-9-8-16(6-3-7-20-9)13(19)15-10-4-2-5-14-11(10)12(17)18/h2,4-5,9H,3,6-8H2,1H3,(H,15,19)(H,17,18). The molecule has 1 unspecified atom stereocenters. The number of carbonyl (C=O) groups excluding carboxylic acids is 1. The average molecular weight is 279 g/mol. The highest BCUT2D eigenvalue weighted by atomic mass is 16.5. The topological polar surface area (TPSA) is 91.8 Å². The van der Waals surface area contributed by atoms with E-state index in [2.05, 4.69) is 10.3 Å². The monoisotopic (exact) mass is 279 g/mol. The van der Waals surface area contributed by atoms with E-state index in [1.54, 1.807) is 11.0 Å². The summed E-state index contributed by atoms with van der Waals surface area (Å²) < 4.78 is 5.47. The number of aromatic carboxylic acids is 1. The number of carboxylic acid groups (broad SMARTS) is 1. The van der Waals surface area contributed by atoms with Gasteiger partial charge in [0, 0.05) is 25.9 Å². The molecule has 0 aromatic carbocycles. The van der Waals surface area contributed by atoms with Crippen LogP contribution in [0.25, 0.3) is 0 Å². The number of urea groups is 1. The van der Waals surface area contributed by atoms with Crippen LogP contribution in [0.1, 0.15) is 23.8 Å². The van der Waals surface area contributed by atoms with Crippen molar-refractivity contribution in [2.75, 3.05) is 25.0 Å². The molecule has 2 heterocycles. The number of hydrogen-bond acceptors (Lipinski definition) is 4. The van der Waals surface area contributed by atoms with E-state index >= 15 is 0 Å². The quantitative estimate of drug-likeness (QED) is 0.854. The molecule has 0 saturated carbocycles. The predicted molar refractivity (Wildman–Crippen MR) is 71.8 cm³/mol. The molecule has 1 aromatic rings. The number of hydrogen-bond donors (Lipinski definition) is 2. The van der Waals surface area contributed by atoms with Gasteiger partial charge in [-0.2, -0.15) is 0 Å². The number of rotatable bonds is 2. The van der Waals surface area contributed by atoms with Crippen molar-refractivity contribution in [2.24, 2.45) is 0 Å². The zero-order chi connectivity index (χ0) is 14.5. The van der Waals surface area contributed by atoms with Crippen LogP contribution in [-0.4, -0.2) is 52.8 Å². The van der Waals surface area contributed by atoms with E-state index in [0.717, 1.165) is 6.42 Å². The third-order valence-corrected chi connectivity index (χ3v) is 2.99. The van der Waals surface area contributed by atoms with Gasteiger partial charge in [-0.05, 0) is 25.5 Å². The Morgan fingerprint density at radius 2 is 2.35 bits per heavy atom. The first kappa shape index (κ1) is 14.3. The Labute approximate surface area is 116 Å². The minimum absolute atomic E-state index is 0.0314. The lowest BCUT2D eigenvalue weighted by molar-refractivity contribution is 0.0690. The van der Waals surface area contributed by atoms with Crippen LogP contribution in [0.4, 0.5) is 10.5 Å². The lowest BCUT2D eigenvalue weighted by Gasteiger charge is -2.22. The fraction of sp³-hybridized carbons (Fsp3) is 0.462. The second-order valence-electron chi connectivity index (χ2n) is 4.62. The average Bonchev–Trinajstić information content (AvgIpc) is 2.64. The van der Waals surface area contributed by atoms with E-state index in [1.807, 2.05) is 6.92 Å². The summed E-state index contributed by atoms with van der Waals surface area (Å²) >= 11 is 0. The molecule has 20 heavy (non-hydrogen) atoms. The molecule has 2 rings (SSSR count). The van der Waals surface area contributed by atoms with Gasteiger partial charge < -0.3 is 20.1 Å². The summed E-state index contributed by atoms with van der Waals surface area (Å²) in [4.78, 5) is 28.6. The highest BCUT2D eigenvalue weighted by Crippen LogP contribution is 2.14. The number of carbonyl (C=O) groups is 2. The fourth-order valence-electron chi connectivity index (χ4n) is 2.05. The van der Waals surface area contributed by atoms with Gasteiger partial charge >= 0.3 is 12.0 Å². The number of pyridine rings is 1. The van der Waals surface area contributed by atoms with Gasteiger partial charge in [-0.25, -0.2) is 14.6 Å². The summed E-state index contributed by atoms with van der Waals surface area (Å²) in [5, 5.41) is 11.6. The third kappa shape index (κ3) is 3.45. The molecule has 0 radical (unpaired) electrons. The van der Waals surface area contributed by atoms with E-state index in [4.69, 9.17) is 9.84 Å². The second kappa shape index (κ2) is 6.33. The highest BCUT2D eigenvalue weighted by molar-refractivity contribution is 5.98. The molecule has 0 aliphatic carbocycles. The number of anilines is 1. The summed E-state index contributed by atoms with van der Waals surface area (Å²) in [6, 6.07) is 2.76. The highest BCUT2D eigenvalue weighted by Gasteiger charge is 2.21. The molecule has 1 atom stereocenters. The molecule has 2 amide bonds. The van der Waals surface area contributed by atoms with Crippen LogP contribution in [0.15, 0.2) is 18.3 Å². The van der Waals surface area contributed by atoms with Crippen molar-refractivity contribution in [3.05, 3.63) is 24.0 Å². The first-order valence-corrected chi connectivity index (χ1v) is 6.44. The zero-order valence-electron chi connectivity index (χ0n) is 11.2. The van der Waals surface area contributed by atoms with Gasteiger partial charge in [0.15, 0.2) is 5.69 Å². The maximum absolute atomic E-state index is 12.2. The van der Waals surface area contributed by atoms with Gasteiger partial charge in [0.2, 0.25) is 0 Å².